The van der Waals surface area contributed by atoms with Gasteiger partial charge in [0.1, 0.15) is 47.4 Å². The zero-order valence-corrected chi connectivity index (χ0v) is 47.7. The minimum Gasteiger partial charge on any atom is -0.491 e. The molecule has 6 rings (SSSR count). The molecule has 436 valence electrons. The molecule has 0 unspecified atom stereocenters. The first-order chi connectivity index (χ1) is 36.0. The first-order valence-corrected chi connectivity index (χ1v) is 27.4. The molecular formula is C56H89N3O18. The van der Waals surface area contributed by atoms with E-state index in [1.165, 1.54) is 26.3 Å². The molecule has 3 saturated heterocycles. The molecule has 18 atom stereocenters. The molecule has 0 radical (unpaired) electrons. The molecule has 1 saturated carbocycles. The lowest BCUT2D eigenvalue weighted by atomic mass is 9.77. The van der Waals surface area contributed by atoms with Crippen molar-refractivity contribution in [2.24, 2.45) is 17.8 Å². The van der Waals surface area contributed by atoms with Crippen LogP contribution in [0.5, 0.6) is 5.75 Å². The summed E-state index contributed by atoms with van der Waals surface area (Å²) in [4.78, 5) is 56.7. The maximum Gasteiger partial charge on any atom is 0.341 e. The van der Waals surface area contributed by atoms with Gasteiger partial charge in [-0.25, -0.2) is 4.79 Å². The number of esters is 2. The third kappa shape index (κ3) is 14.6. The fraction of sp³-hybridized carbons (Fsp3) is 0.786. The molecule has 1 aromatic carbocycles. The summed E-state index contributed by atoms with van der Waals surface area (Å²) in [6.45, 7) is 18.0. The minimum atomic E-state index is -1.87. The number of likely N-dealkylation sites (N-methyl/N-ethyl adjacent to an activating group) is 2. The molecule has 4 fully saturated rings. The van der Waals surface area contributed by atoms with Gasteiger partial charge in [-0.15, -0.1) is 0 Å². The molecule has 3 aliphatic heterocycles. The van der Waals surface area contributed by atoms with Gasteiger partial charge in [0, 0.05) is 50.3 Å². The van der Waals surface area contributed by atoms with E-state index >= 15 is 0 Å². The SMILES string of the molecule is CC[C@H]1OC(=O)[C@H](C)[C@@H](O[C@H]2C[C@@](C)(OC)[C@@H](OC(=O)CCOCCOc3ccc4c(c3)c(=O)c(C(=O)O)cn4C3CC3)[C@H](C)O2)[C@H](C)[C@@H](O[C@@H]2O[C@H](C)C[C@H](N(C)C)[C@@H]2O)[C@](C)(O)C[C@@H](C)CN(C)[C@H](C)[C@@H](O)[C@]1(C)O. The Morgan fingerprint density at radius 1 is 0.922 bits per heavy atom. The number of aliphatic hydroxyl groups is 4. The van der Waals surface area contributed by atoms with Crippen molar-refractivity contribution in [1.29, 1.82) is 0 Å². The van der Waals surface area contributed by atoms with Gasteiger partial charge in [0.25, 0.3) is 0 Å². The summed E-state index contributed by atoms with van der Waals surface area (Å²) in [5.41, 5.74) is -4.96. The number of carbonyl (C=O) groups excluding carboxylic acids is 2. The number of aromatic carboxylic acids is 1. The molecule has 5 N–H and O–H groups in total. The van der Waals surface area contributed by atoms with E-state index in [2.05, 4.69) is 0 Å². The second-order valence-electron chi connectivity index (χ2n) is 23.3. The lowest BCUT2D eigenvalue weighted by molar-refractivity contribution is -0.318. The fourth-order valence-electron chi connectivity index (χ4n) is 11.9. The lowest BCUT2D eigenvalue weighted by Gasteiger charge is -2.49. The summed E-state index contributed by atoms with van der Waals surface area (Å²) < 4.78 is 58.1. The monoisotopic (exact) mass is 1090 g/mol. The molecule has 4 heterocycles. The number of rotatable bonds is 17. The molecular weight excluding hydrogens is 1000 g/mol. The molecule has 0 spiro atoms. The van der Waals surface area contributed by atoms with Crippen molar-refractivity contribution in [1.82, 2.24) is 14.4 Å². The predicted octanol–water partition coefficient (Wildman–Crippen LogP) is 4.29. The Labute approximate surface area is 453 Å². The highest BCUT2D eigenvalue weighted by atomic mass is 16.7. The second-order valence-corrected chi connectivity index (χ2v) is 23.3. The Bertz CT molecular complexity index is 2380. The van der Waals surface area contributed by atoms with Crippen molar-refractivity contribution in [2.45, 2.75) is 211 Å². The predicted molar refractivity (Wildman–Crippen MR) is 282 cm³/mol. The number of methoxy groups -OCH3 is 1. The van der Waals surface area contributed by atoms with Crippen molar-refractivity contribution in [3.63, 3.8) is 0 Å². The summed E-state index contributed by atoms with van der Waals surface area (Å²) in [5.74, 6) is -4.43. The van der Waals surface area contributed by atoms with E-state index in [1.54, 1.807) is 60.6 Å². The highest BCUT2D eigenvalue weighted by Crippen LogP contribution is 2.42. The number of benzene rings is 1. The molecule has 1 aliphatic carbocycles. The van der Waals surface area contributed by atoms with Crippen LogP contribution in [-0.2, 0) is 47.5 Å². The number of carboxylic acids is 1. The number of hydrogen-bond acceptors (Lipinski definition) is 19. The number of carbonyl (C=O) groups is 3. The average molecular weight is 1090 g/mol. The van der Waals surface area contributed by atoms with Crippen LogP contribution in [0.25, 0.3) is 10.9 Å². The van der Waals surface area contributed by atoms with Crippen LogP contribution in [0.4, 0.5) is 0 Å². The number of fused-ring (bicyclic) bond motifs is 1. The number of nitrogens with zero attached hydrogens (tertiary/aromatic N) is 3. The Hall–Kier alpha value is -3.84. The zero-order chi connectivity index (χ0) is 57.1. The van der Waals surface area contributed by atoms with Crippen molar-refractivity contribution < 1.29 is 82.5 Å². The van der Waals surface area contributed by atoms with Crippen LogP contribution in [0, 0.1) is 17.8 Å². The van der Waals surface area contributed by atoms with Crippen molar-refractivity contribution in [3.05, 3.63) is 40.2 Å². The van der Waals surface area contributed by atoms with Crippen molar-refractivity contribution >= 4 is 28.8 Å². The van der Waals surface area contributed by atoms with E-state index in [9.17, 15) is 44.7 Å². The lowest BCUT2D eigenvalue weighted by Crippen LogP contribution is -2.61. The van der Waals surface area contributed by atoms with Gasteiger partial charge < -0.3 is 82.5 Å². The highest BCUT2D eigenvalue weighted by Gasteiger charge is 2.54. The summed E-state index contributed by atoms with van der Waals surface area (Å²) in [5, 5.41) is 58.0. The second kappa shape index (κ2) is 25.7. The van der Waals surface area contributed by atoms with Gasteiger partial charge in [-0.3, -0.25) is 14.4 Å². The number of aromatic nitrogens is 1. The van der Waals surface area contributed by atoms with Gasteiger partial charge in [-0.05, 0) is 126 Å². The number of aliphatic hydroxyl groups excluding tert-OH is 2. The maximum atomic E-state index is 14.6. The van der Waals surface area contributed by atoms with Crippen LogP contribution in [0.3, 0.4) is 0 Å². The van der Waals surface area contributed by atoms with Gasteiger partial charge in [0.15, 0.2) is 18.7 Å². The van der Waals surface area contributed by atoms with E-state index < -0.39 is 113 Å². The molecule has 4 aliphatic rings. The molecule has 2 aromatic rings. The van der Waals surface area contributed by atoms with Gasteiger partial charge in [-0.1, -0.05) is 20.8 Å². The average Bonchev–Trinajstić information content (AvgIpc) is 4.24. The first-order valence-electron chi connectivity index (χ1n) is 27.4. The minimum absolute atomic E-state index is 0.00856. The Balaban J connectivity index is 1.17. The quantitative estimate of drug-likeness (QED) is 0.109. The summed E-state index contributed by atoms with van der Waals surface area (Å²) >= 11 is 0. The molecule has 0 bridgehead atoms. The smallest absolute Gasteiger partial charge is 0.341 e. The van der Waals surface area contributed by atoms with Crippen LogP contribution >= 0.6 is 0 Å². The van der Waals surface area contributed by atoms with E-state index in [4.69, 9.17) is 42.6 Å². The van der Waals surface area contributed by atoms with Crippen LogP contribution in [0.1, 0.15) is 131 Å². The normalized spacial score (nSPS) is 38.2. The van der Waals surface area contributed by atoms with Gasteiger partial charge in [0.2, 0.25) is 5.43 Å². The van der Waals surface area contributed by atoms with Crippen LogP contribution in [-0.4, -0.2) is 203 Å². The molecule has 21 nitrogen and oxygen atoms in total. The first kappa shape index (κ1) is 62.4. The van der Waals surface area contributed by atoms with Gasteiger partial charge in [0.05, 0.1) is 66.5 Å². The van der Waals surface area contributed by atoms with Crippen molar-refractivity contribution in [3.8, 4) is 5.75 Å². The summed E-state index contributed by atoms with van der Waals surface area (Å²) in [7, 11) is 7.04. The van der Waals surface area contributed by atoms with Crippen molar-refractivity contribution in [2.75, 3.05) is 54.6 Å². The zero-order valence-electron chi connectivity index (χ0n) is 47.7. The Morgan fingerprint density at radius 2 is 1.61 bits per heavy atom. The number of cyclic esters (lactones) is 1. The largest absolute Gasteiger partial charge is 0.491 e. The third-order valence-electron chi connectivity index (χ3n) is 16.5. The molecule has 0 amide bonds. The van der Waals surface area contributed by atoms with Gasteiger partial charge in [-0.2, -0.15) is 0 Å². The van der Waals surface area contributed by atoms with E-state index in [0.29, 0.717) is 24.2 Å². The number of pyridine rings is 1. The number of hydrogen-bond donors (Lipinski definition) is 5. The van der Waals surface area contributed by atoms with E-state index in [0.717, 1.165) is 12.8 Å². The summed E-state index contributed by atoms with van der Waals surface area (Å²) in [6.07, 6.45) is -6.20. The Morgan fingerprint density at radius 3 is 2.23 bits per heavy atom. The van der Waals surface area contributed by atoms with E-state index in [-0.39, 0.29) is 80.6 Å². The van der Waals surface area contributed by atoms with Gasteiger partial charge >= 0.3 is 17.9 Å². The summed E-state index contributed by atoms with van der Waals surface area (Å²) in [6, 6.07) is 4.21. The highest BCUT2D eigenvalue weighted by molar-refractivity contribution is 5.93. The Kier molecular flexibility index (Phi) is 20.8. The molecule has 77 heavy (non-hydrogen) atoms. The molecule has 21 heteroatoms. The van der Waals surface area contributed by atoms with Crippen LogP contribution in [0.2, 0.25) is 0 Å². The number of carboxylic acid groups (broad SMARTS) is 1. The molecule has 1 aromatic heterocycles. The van der Waals surface area contributed by atoms with Crippen LogP contribution in [0.15, 0.2) is 29.2 Å². The third-order valence-corrected chi connectivity index (χ3v) is 16.5. The topological polar surface area (TPSA) is 264 Å². The number of ether oxygens (including phenoxy) is 9. The fourth-order valence-corrected chi connectivity index (χ4v) is 11.9. The standard InChI is InChI=1S/C56H89N3O18/c1-15-42-56(10,68)48(63)34(6)58(13)28-30(2)26-54(8,67)49(77-53-46(62)41(57(11)12)24-31(3)72-53)32(4)47(33(5)52(66)74-42)76-44-27-55(9,69-14)50(35(7)73-44)75-43(60)20-21-70-22-23-71-37-18-19-40-38(25-37)45(61)39(51(64)65)29-59(40)36-16-17-36/h18-19,25,29-36,41-42,44,46-50,53,62-63,67-68H,15-17,20-24,26-28H2,1-14H3,(H,64,65)/t30-,31-,32+,33-,34-,35+,41+,42-,44+,46+,47+,48-,49-,50+,53+,54-,55-,56-/m1/s1. The van der Waals surface area contributed by atoms with Crippen LogP contribution < -0.4 is 10.2 Å². The van der Waals surface area contributed by atoms with E-state index in [1.807, 2.05) is 49.4 Å². The maximum absolute atomic E-state index is 14.6.